The minimum Gasteiger partial charge on any atom is -0.497 e. The second-order valence-electron chi connectivity index (χ2n) is 6.35. The maximum Gasteiger partial charge on any atom is 0.261 e. The Hall–Kier alpha value is -3.00. The molecule has 0 aliphatic carbocycles. The first kappa shape index (κ1) is 22.7. The molecule has 0 fully saturated rings. The molecule has 0 aromatic heterocycles. The number of amides is 1. The molecule has 0 atom stereocenters. The van der Waals surface area contributed by atoms with E-state index in [1.165, 1.54) is 24.3 Å². The summed E-state index contributed by atoms with van der Waals surface area (Å²) in [4.78, 5) is 12.3. The van der Waals surface area contributed by atoms with Gasteiger partial charge < -0.3 is 10.1 Å². The number of rotatable bonds is 7. The summed E-state index contributed by atoms with van der Waals surface area (Å²) in [5, 5.41) is 3.28. The fourth-order valence-corrected chi connectivity index (χ4v) is 3.97. The molecular formula is C22H18Cl2N2O4S. The number of benzene rings is 3. The second-order valence-corrected chi connectivity index (χ2v) is 8.88. The highest BCUT2D eigenvalue weighted by molar-refractivity contribution is 7.92. The van der Waals surface area contributed by atoms with Crippen molar-refractivity contribution in [2.45, 2.75) is 4.90 Å². The molecule has 6 nitrogen and oxygen atoms in total. The number of carbonyl (C=O) groups excluding carboxylic acids is 1. The van der Waals surface area contributed by atoms with E-state index in [1.54, 1.807) is 55.7 Å². The van der Waals surface area contributed by atoms with Crippen molar-refractivity contribution < 1.29 is 17.9 Å². The molecule has 0 bridgehead atoms. The maximum absolute atomic E-state index is 12.7. The van der Waals surface area contributed by atoms with E-state index >= 15 is 0 Å². The Balaban J connectivity index is 1.76. The van der Waals surface area contributed by atoms with Crippen LogP contribution in [-0.4, -0.2) is 21.4 Å². The first-order valence-electron chi connectivity index (χ1n) is 8.98. The van der Waals surface area contributed by atoms with Gasteiger partial charge in [0.25, 0.3) is 10.0 Å². The number of methoxy groups -OCH3 is 1. The van der Waals surface area contributed by atoms with Gasteiger partial charge in [-0.3, -0.25) is 9.52 Å². The van der Waals surface area contributed by atoms with Crippen LogP contribution in [0, 0.1) is 0 Å². The molecule has 1 amide bonds. The van der Waals surface area contributed by atoms with Crippen molar-refractivity contribution in [1.82, 2.24) is 0 Å². The van der Waals surface area contributed by atoms with E-state index in [9.17, 15) is 13.2 Å². The fraction of sp³-hybridized carbons (Fsp3) is 0.0455. The molecular weight excluding hydrogens is 459 g/mol. The van der Waals surface area contributed by atoms with Gasteiger partial charge in [-0.15, -0.1) is 0 Å². The van der Waals surface area contributed by atoms with Crippen LogP contribution in [0.5, 0.6) is 5.75 Å². The summed E-state index contributed by atoms with van der Waals surface area (Å²) >= 11 is 12.0. The third-order valence-electron chi connectivity index (χ3n) is 4.12. The van der Waals surface area contributed by atoms with Gasteiger partial charge in [-0.2, -0.15) is 0 Å². The standard InChI is InChI=1S/C22H18Cl2N2O4S/c1-30-18-4-2-3-15(13-18)5-12-22(27)25-21-14-19(10-11-20(21)24)31(28,29)26-17-8-6-16(23)7-9-17/h2-14,26H,1H3,(H,25,27). The highest BCUT2D eigenvalue weighted by atomic mass is 35.5. The molecule has 0 unspecified atom stereocenters. The van der Waals surface area contributed by atoms with Crippen LogP contribution in [0.4, 0.5) is 11.4 Å². The van der Waals surface area contributed by atoms with E-state index in [1.807, 2.05) is 6.07 Å². The molecule has 0 aliphatic heterocycles. The Morgan fingerprint density at radius 3 is 2.45 bits per heavy atom. The van der Waals surface area contributed by atoms with E-state index in [2.05, 4.69) is 10.0 Å². The summed E-state index contributed by atoms with van der Waals surface area (Å²) < 4.78 is 33.0. The Labute approximate surface area is 190 Å². The Bertz CT molecular complexity index is 1230. The van der Waals surface area contributed by atoms with Crippen LogP contribution in [0.1, 0.15) is 5.56 Å². The molecule has 31 heavy (non-hydrogen) atoms. The fourth-order valence-electron chi connectivity index (χ4n) is 2.59. The Morgan fingerprint density at radius 1 is 1.00 bits per heavy atom. The summed E-state index contributed by atoms with van der Waals surface area (Å²) in [6, 6.07) is 17.4. The quantitative estimate of drug-likeness (QED) is 0.443. The minimum absolute atomic E-state index is 0.0566. The number of halogens is 2. The second kappa shape index (κ2) is 9.87. The van der Waals surface area contributed by atoms with Crippen molar-refractivity contribution in [1.29, 1.82) is 0 Å². The van der Waals surface area contributed by atoms with Crippen LogP contribution in [0.2, 0.25) is 10.0 Å². The van der Waals surface area contributed by atoms with Crippen LogP contribution in [0.15, 0.2) is 77.7 Å². The summed E-state index contributed by atoms with van der Waals surface area (Å²) in [5.74, 6) is 0.196. The van der Waals surface area contributed by atoms with Crippen molar-refractivity contribution >= 4 is 56.6 Å². The number of nitrogens with one attached hydrogen (secondary N) is 2. The topological polar surface area (TPSA) is 84.5 Å². The zero-order valence-corrected chi connectivity index (χ0v) is 18.6. The van der Waals surface area contributed by atoms with Crippen molar-refractivity contribution in [2.24, 2.45) is 0 Å². The average molecular weight is 477 g/mol. The summed E-state index contributed by atoms with van der Waals surface area (Å²) in [5.41, 5.74) is 1.29. The summed E-state index contributed by atoms with van der Waals surface area (Å²) in [6.07, 6.45) is 2.92. The first-order valence-corrected chi connectivity index (χ1v) is 11.2. The van der Waals surface area contributed by atoms with Gasteiger partial charge in [0.05, 0.1) is 22.7 Å². The molecule has 160 valence electrons. The normalized spacial score (nSPS) is 11.3. The van der Waals surface area contributed by atoms with Gasteiger partial charge in [0.2, 0.25) is 5.91 Å². The van der Waals surface area contributed by atoms with E-state index in [4.69, 9.17) is 27.9 Å². The van der Waals surface area contributed by atoms with Gasteiger partial charge in [0.1, 0.15) is 5.75 Å². The van der Waals surface area contributed by atoms with Gasteiger partial charge in [0, 0.05) is 16.8 Å². The molecule has 3 aromatic rings. The van der Waals surface area contributed by atoms with Gasteiger partial charge in [-0.1, -0.05) is 35.3 Å². The lowest BCUT2D eigenvalue weighted by molar-refractivity contribution is -0.111. The van der Waals surface area contributed by atoms with Gasteiger partial charge >= 0.3 is 0 Å². The third-order valence-corrected chi connectivity index (χ3v) is 6.08. The molecule has 0 radical (unpaired) electrons. The van der Waals surface area contributed by atoms with Gasteiger partial charge in [-0.05, 0) is 66.2 Å². The SMILES string of the molecule is COc1cccc(C=CC(=O)Nc2cc(S(=O)(=O)Nc3ccc(Cl)cc3)ccc2Cl)c1. The maximum atomic E-state index is 12.7. The summed E-state index contributed by atoms with van der Waals surface area (Å²) in [7, 11) is -2.34. The Morgan fingerprint density at radius 2 is 1.74 bits per heavy atom. The van der Waals surface area contributed by atoms with Crippen LogP contribution >= 0.6 is 23.2 Å². The number of hydrogen-bond donors (Lipinski definition) is 2. The van der Waals surface area contributed by atoms with E-state index in [0.29, 0.717) is 16.5 Å². The highest BCUT2D eigenvalue weighted by Gasteiger charge is 2.17. The molecule has 0 saturated heterocycles. The predicted octanol–water partition coefficient (Wildman–Crippen LogP) is 5.45. The summed E-state index contributed by atoms with van der Waals surface area (Å²) in [6.45, 7) is 0. The lowest BCUT2D eigenvalue weighted by Crippen LogP contribution is -2.14. The zero-order chi connectivity index (χ0) is 22.4. The van der Waals surface area contributed by atoms with E-state index in [-0.39, 0.29) is 15.6 Å². The van der Waals surface area contributed by atoms with Gasteiger partial charge in [-0.25, -0.2) is 8.42 Å². The van der Waals surface area contributed by atoms with Gasteiger partial charge in [0.15, 0.2) is 0 Å². The lowest BCUT2D eigenvalue weighted by atomic mass is 10.2. The minimum atomic E-state index is -3.90. The molecule has 3 aromatic carbocycles. The lowest BCUT2D eigenvalue weighted by Gasteiger charge is -2.11. The first-order chi connectivity index (χ1) is 14.8. The van der Waals surface area contributed by atoms with E-state index in [0.717, 1.165) is 5.56 Å². The molecule has 2 N–H and O–H groups in total. The molecule has 0 spiro atoms. The Kier molecular flexibility index (Phi) is 7.22. The average Bonchev–Trinajstić information content (AvgIpc) is 2.75. The molecule has 0 saturated carbocycles. The monoisotopic (exact) mass is 476 g/mol. The van der Waals surface area contributed by atoms with Crippen LogP contribution in [0.25, 0.3) is 6.08 Å². The van der Waals surface area contributed by atoms with E-state index < -0.39 is 15.9 Å². The van der Waals surface area contributed by atoms with Crippen molar-refractivity contribution in [3.63, 3.8) is 0 Å². The number of sulfonamides is 1. The van der Waals surface area contributed by atoms with Crippen molar-refractivity contribution in [3.05, 3.63) is 88.4 Å². The number of carbonyl (C=O) groups is 1. The number of anilines is 2. The van der Waals surface area contributed by atoms with Crippen LogP contribution in [-0.2, 0) is 14.8 Å². The van der Waals surface area contributed by atoms with Crippen molar-refractivity contribution in [2.75, 3.05) is 17.1 Å². The molecule has 0 aliphatic rings. The van der Waals surface area contributed by atoms with Crippen molar-refractivity contribution in [3.8, 4) is 5.75 Å². The largest absolute Gasteiger partial charge is 0.497 e. The number of ether oxygens (including phenoxy) is 1. The zero-order valence-electron chi connectivity index (χ0n) is 16.3. The molecule has 3 rings (SSSR count). The highest BCUT2D eigenvalue weighted by Crippen LogP contribution is 2.27. The predicted molar refractivity (Wildman–Crippen MR) is 124 cm³/mol. The number of hydrogen-bond acceptors (Lipinski definition) is 4. The molecule has 0 heterocycles. The smallest absolute Gasteiger partial charge is 0.261 e. The third kappa shape index (κ3) is 6.24. The van der Waals surface area contributed by atoms with Crippen LogP contribution in [0.3, 0.4) is 0 Å². The van der Waals surface area contributed by atoms with Crippen LogP contribution < -0.4 is 14.8 Å². The molecule has 9 heteroatoms.